The topological polar surface area (TPSA) is 38.7 Å². The van der Waals surface area contributed by atoms with Gasteiger partial charge < -0.3 is 0 Å². The Labute approximate surface area is 453 Å². The van der Waals surface area contributed by atoms with Crippen molar-refractivity contribution in [3.8, 4) is 67.2 Å². The largest absolute Gasteiger partial charge is 0.256 e. The highest BCUT2D eigenvalue weighted by Gasteiger charge is 2.40. The van der Waals surface area contributed by atoms with Crippen LogP contribution in [0.2, 0.25) is 0 Å². The molecule has 0 aliphatic heterocycles. The maximum Gasteiger partial charge on any atom is 0.135 e. The van der Waals surface area contributed by atoms with E-state index in [1.165, 1.54) is 56.9 Å². The summed E-state index contributed by atoms with van der Waals surface area (Å²) in [7, 11) is 0. The van der Waals surface area contributed by atoms with Crippen molar-refractivity contribution in [2.75, 3.05) is 0 Å². The van der Waals surface area contributed by atoms with Crippen LogP contribution >= 0.6 is 0 Å². The van der Waals surface area contributed by atoms with Crippen molar-refractivity contribution in [3.05, 3.63) is 257 Å². The zero-order valence-corrected chi connectivity index (χ0v) is 44.1. The predicted molar refractivity (Wildman–Crippen MR) is 310 cm³/mol. The van der Waals surface area contributed by atoms with Gasteiger partial charge in [-0.2, -0.15) is 0 Å². The third-order valence-corrected chi connectivity index (χ3v) is 16.1. The Hall–Kier alpha value is -8.55. The lowest BCUT2D eigenvalue weighted by molar-refractivity contribution is 0.337. The number of halogens is 4. The Morgan fingerprint density at radius 1 is 0.333 bits per heavy atom. The standard InChI is InChI=1S/C71H57F4N3/c1-70(2)32-33-71(3,4)69-61-37-49(24-27-56(61)55-16-10-11-17-57(55)68(69)70)60-40-67(48-12-6-5-7-13-48)78-43-62(60)54-15-9-8-14-53(54)50-35-46(20-18-44-22-30-65(76-41-44)58-28-25-51(72)38-63(58)74)34-47(36-50)21-19-45-23-31-66(77-42-45)59-29-26-52(73)39-64(59)75/h5-17,22-31,34-43H,18-21,32-33H2,1-4H3. The van der Waals surface area contributed by atoms with Gasteiger partial charge in [0.05, 0.1) is 17.1 Å². The van der Waals surface area contributed by atoms with Gasteiger partial charge in [-0.1, -0.05) is 149 Å². The van der Waals surface area contributed by atoms with Crippen LogP contribution in [0.1, 0.15) is 73.9 Å². The van der Waals surface area contributed by atoms with Gasteiger partial charge >= 0.3 is 0 Å². The fourth-order valence-electron chi connectivity index (χ4n) is 11.9. The average Bonchev–Trinajstić information content (AvgIpc) is 3.43. The number of benzene rings is 8. The number of nitrogens with zero attached hydrogens (tertiary/aromatic N) is 3. The van der Waals surface area contributed by atoms with Gasteiger partial charge in [0.25, 0.3) is 0 Å². The van der Waals surface area contributed by atoms with E-state index in [-0.39, 0.29) is 22.0 Å². The third-order valence-electron chi connectivity index (χ3n) is 16.1. The summed E-state index contributed by atoms with van der Waals surface area (Å²) in [5.74, 6) is -2.57. The molecule has 0 saturated carbocycles. The van der Waals surface area contributed by atoms with E-state index in [1.54, 1.807) is 24.5 Å². The first-order valence-electron chi connectivity index (χ1n) is 26.8. The monoisotopic (exact) mass is 1030 g/mol. The molecule has 78 heavy (non-hydrogen) atoms. The second-order valence-corrected chi connectivity index (χ2v) is 22.2. The molecule has 0 fully saturated rings. The van der Waals surface area contributed by atoms with E-state index in [2.05, 4.69) is 159 Å². The molecule has 0 spiro atoms. The molecule has 0 atom stereocenters. The third kappa shape index (κ3) is 9.79. The molecule has 3 aromatic heterocycles. The van der Waals surface area contributed by atoms with Crippen LogP contribution in [0, 0.1) is 23.3 Å². The molecule has 3 nitrogen and oxygen atoms in total. The fourth-order valence-corrected chi connectivity index (χ4v) is 11.9. The van der Waals surface area contributed by atoms with Crippen molar-refractivity contribution in [3.63, 3.8) is 0 Å². The van der Waals surface area contributed by atoms with Crippen molar-refractivity contribution >= 4 is 21.5 Å². The Morgan fingerprint density at radius 3 is 1.42 bits per heavy atom. The Kier molecular flexibility index (Phi) is 13.2. The van der Waals surface area contributed by atoms with Crippen LogP contribution in [-0.2, 0) is 36.5 Å². The Bertz CT molecular complexity index is 3950. The SMILES string of the molecule is CC1(C)CCC(C)(C)c2c1c1ccccc1c1ccc(-c3cc(-c4ccccc4)ncc3-c3ccccc3-c3cc(CCc4ccc(-c5ccc(F)cc5F)nc4)cc(CCc4ccc(-c5ccc(F)cc5F)nc4)c3)cc21. The molecular weight excluding hydrogens is 971 g/mol. The van der Waals surface area contributed by atoms with E-state index < -0.39 is 23.3 Å². The summed E-state index contributed by atoms with van der Waals surface area (Å²) >= 11 is 0. The molecule has 0 amide bonds. The van der Waals surface area contributed by atoms with Crippen LogP contribution in [0.5, 0.6) is 0 Å². The first-order valence-corrected chi connectivity index (χ1v) is 26.8. The summed E-state index contributed by atoms with van der Waals surface area (Å²) in [6, 6.07) is 58.7. The highest BCUT2D eigenvalue weighted by atomic mass is 19.1. The second kappa shape index (κ2) is 20.4. The number of hydrogen-bond acceptors (Lipinski definition) is 3. The number of aromatic nitrogens is 3. The van der Waals surface area contributed by atoms with Crippen molar-refractivity contribution < 1.29 is 17.6 Å². The minimum Gasteiger partial charge on any atom is -0.256 e. The summed E-state index contributed by atoms with van der Waals surface area (Å²) in [5, 5.41) is 5.20. The molecule has 0 radical (unpaired) electrons. The maximum atomic E-state index is 14.7. The molecule has 7 heteroatoms. The first-order chi connectivity index (χ1) is 37.8. The first kappa shape index (κ1) is 50.3. The highest BCUT2D eigenvalue weighted by Crippen LogP contribution is 2.53. The molecule has 3 heterocycles. The van der Waals surface area contributed by atoms with Crippen LogP contribution in [0.25, 0.3) is 88.7 Å². The van der Waals surface area contributed by atoms with Crippen molar-refractivity contribution in [2.24, 2.45) is 0 Å². The zero-order chi connectivity index (χ0) is 53.7. The quantitative estimate of drug-likeness (QED) is 0.0904. The van der Waals surface area contributed by atoms with Crippen molar-refractivity contribution in [1.29, 1.82) is 0 Å². The van der Waals surface area contributed by atoms with Gasteiger partial charge in [0.15, 0.2) is 0 Å². The number of fused-ring (bicyclic) bond motifs is 6. The van der Waals surface area contributed by atoms with E-state index in [9.17, 15) is 17.6 Å². The van der Waals surface area contributed by atoms with Gasteiger partial charge in [0, 0.05) is 53.0 Å². The van der Waals surface area contributed by atoms with Gasteiger partial charge in [-0.05, 0) is 181 Å². The average molecular weight is 1030 g/mol. The number of rotatable bonds is 12. The molecule has 0 N–H and O–H groups in total. The lowest BCUT2D eigenvalue weighted by atomic mass is 9.60. The second-order valence-electron chi connectivity index (χ2n) is 22.2. The van der Waals surface area contributed by atoms with Gasteiger partial charge in [0.1, 0.15) is 23.3 Å². The Morgan fingerprint density at radius 2 is 0.846 bits per heavy atom. The maximum absolute atomic E-state index is 14.7. The molecule has 1 aliphatic carbocycles. The van der Waals surface area contributed by atoms with Crippen LogP contribution in [0.4, 0.5) is 17.6 Å². The van der Waals surface area contributed by atoms with E-state index in [0.29, 0.717) is 37.1 Å². The fraction of sp³-hybridized carbons (Fsp3) is 0.169. The molecule has 384 valence electrons. The predicted octanol–water partition coefficient (Wildman–Crippen LogP) is 18.7. The summed E-state index contributed by atoms with van der Waals surface area (Å²) in [6.45, 7) is 9.66. The van der Waals surface area contributed by atoms with E-state index in [0.717, 1.165) is 91.9 Å². The lowest BCUT2D eigenvalue weighted by Crippen LogP contribution is -2.34. The summed E-state index contributed by atoms with van der Waals surface area (Å²) in [6.07, 6.45) is 10.6. The van der Waals surface area contributed by atoms with E-state index in [4.69, 9.17) is 4.98 Å². The zero-order valence-electron chi connectivity index (χ0n) is 44.1. The summed E-state index contributed by atoms with van der Waals surface area (Å²) in [4.78, 5) is 14.4. The van der Waals surface area contributed by atoms with Gasteiger partial charge in [-0.25, -0.2) is 17.6 Å². The molecule has 11 aromatic rings. The summed E-state index contributed by atoms with van der Waals surface area (Å²) < 4.78 is 57.0. The van der Waals surface area contributed by atoms with E-state index >= 15 is 0 Å². The van der Waals surface area contributed by atoms with Crippen molar-refractivity contribution in [2.45, 2.75) is 77.0 Å². The number of pyridine rings is 3. The smallest absolute Gasteiger partial charge is 0.135 e. The van der Waals surface area contributed by atoms with Crippen molar-refractivity contribution in [1.82, 2.24) is 15.0 Å². The number of hydrogen-bond donors (Lipinski definition) is 0. The van der Waals surface area contributed by atoms with Crippen LogP contribution < -0.4 is 0 Å². The molecule has 0 unspecified atom stereocenters. The minimum absolute atomic E-state index is 0.00408. The molecule has 12 rings (SSSR count). The molecule has 8 aromatic carbocycles. The highest BCUT2D eigenvalue weighted by molar-refractivity contribution is 6.13. The van der Waals surface area contributed by atoms with E-state index in [1.807, 2.05) is 18.2 Å². The normalized spacial score (nSPS) is 13.7. The Balaban J connectivity index is 0.962. The summed E-state index contributed by atoms with van der Waals surface area (Å²) in [5.41, 5.74) is 16.9. The van der Waals surface area contributed by atoms with Gasteiger partial charge in [-0.15, -0.1) is 0 Å². The van der Waals surface area contributed by atoms with Crippen LogP contribution in [0.3, 0.4) is 0 Å². The molecule has 0 bridgehead atoms. The number of aryl methyl sites for hydroxylation is 4. The molecule has 1 aliphatic rings. The van der Waals surface area contributed by atoms with Gasteiger partial charge in [-0.3, -0.25) is 15.0 Å². The molecule has 0 saturated heterocycles. The van der Waals surface area contributed by atoms with Gasteiger partial charge in [0.2, 0.25) is 0 Å². The minimum atomic E-state index is -0.652. The lowest BCUT2D eigenvalue weighted by Gasteiger charge is -2.43. The van der Waals surface area contributed by atoms with Crippen LogP contribution in [-0.4, -0.2) is 15.0 Å². The van der Waals surface area contributed by atoms with Crippen LogP contribution in [0.15, 0.2) is 201 Å². The molecular formula is C71H57F4N3.